The van der Waals surface area contributed by atoms with E-state index < -0.39 is 0 Å². The van der Waals surface area contributed by atoms with E-state index in [-0.39, 0.29) is 6.04 Å². The molecule has 0 spiro atoms. The van der Waals surface area contributed by atoms with Gasteiger partial charge in [0.05, 0.1) is 5.69 Å². The quantitative estimate of drug-likeness (QED) is 0.682. The molecule has 3 heterocycles. The average molecular weight is 281 g/mol. The number of hydrogen-bond acceptors (Lipinski definition) is 4. The van der Waals surface area contributed by atoms with Gasteiger partial charge in [-0.05, 0) is 50.1 Å². The summed E-state index contributed by atoms with van der Waals surface area (Å²) in [5.41, 5.74) is 4.19. The number of fused-ring (bicyclic) bond motifs is 1. The van der Waals surface area contributed by atoms with Crippen molar-refractivity contribution in [1.82, 2.24) is 25.5 Å². The van der Waals surface area contributed by atoms with Gasteiger partial charge in [-0.25, -0.2) is 0 Å². The predicted molar refractivity (Wildman–Crippen MR) is 82.9 cm³/mol. The number of nitrogens with zero attached hydrogens (tertiary/aromatic N) is 3. The van der Waals surface area contributed by atoms with Crippen LogP contribution >= 0.6 is 0 Å². The Hall–Kier alpha value is -2.27. The van der Waals surface area contributed by atoms with Crippen LogP contribution in [-0.2, 0) is 6.42 Å². The minimum absolute atomic E-state index is 0.207. The maximum absolute atomic E-state index is 4.40. The lowest BCUT2D eigenvalue weighted by Crippen LogP contribution is -2.21. The molecule has 1 atom stereocenters. The SMILES string of the molecule is CC(NCCCc1cccnc1)c1[nH]nc2cccnc12. The second-order valence-electron chi connectivity index (χ2n) is 5.15. The topological polar surface area (TPSA) is 66.5 Å². The molecule has 3 aromatic heterocycles. The zero-order chi connectivity index (χ0) is 14.5. The molecule has 2 N–H and O–H groups in total. The van der Waals surface area contributed by atoms with Gasteiger partial charge in [0, 0.05) is 24.6 Å². The lowest BCUT2D eigenvalue weighted by atomic mass is 10.1. The van der Waals surface area contributed by atoms with Gasteiger partial charge in [-0.15, -0.1) is 0 Å². The molecule has 1 unspecified atom stereocenters. The van der Waals surface area contributed by atoms with Gasteiger partial charge < -0.3 is 5.32 Å². The maximum atomic E-state index is 4.40. The molecule has 0 aliphatic rings. The van der Waals surface area contributed by atoms with E-state index in [4.69, 9.17) is 0 Å². The van der Waals surface area contributed by atoms with E-state index in [1.807, 2.05) is 24.4 Å². The van der Waals surface area contributed by atoms with Crippen LogP contribution in [0.25, 0.3) is 11.0 Å². The molecule has 0 bridgehead atoms. The molecule has 0 aliphatic heterocycles. The summed E-state index contributed by atoms with van der Waals surface area (Å²) < 4.78 is 0. The van der Waals surface area contributed by atoms with Gasteiger partial charge in [-0.3, -0.25) is 15.1 Å². The first-order chi connectivity index (χ1) is 10.3. The van der Waals surface area contributed by atoms with Crippen LogP contribution in [0.5, 0.6) is 0 Å². The third-order valence-corrected chi connectivity index (χ3v) is 3.59. The van der Waals surface area contributed by atoms with Gasteiger partial charge in [0.2, 0.25) is 0 Å². The Bertz CT molecular complexity index is 692. The summed E-state index contributed by atoms with van der Waals surface area (Å²) in [5.74, 6) is 0. The van der Waals surface area contributed by atoms with E-state index in [9.17, 15) is 0 Å². The summed E-state index contributed by atoms with van der Waals surface area (Å²) in [7, 11) is 0. The van der Waals surface area contributed by atoms with Gasteiger partial charge in [-0.1, -0.05) is 6.07 Å². The number of aromatic amines is 1. The summed E-state index contributed by atoms with van der Waals surface area (Å²) in [6.07, 6.45) is 7.65. The summed E-state index contributed by atoms with van der Waals surface area (Å²) in [4.78, 5) is 8.53. The van der Waals surface area contributed by atoms with E-state index in [1.165, 1.54) is 5.56 Å². The van der Waals surface area contributed by atoms with Crippen molar-refractivity contribution in [3.8, 4) is 0 Å². The summed E-state index contributed by atoms with van der Waals surface area (Å²) in [5, 5.41) is 10.9. The largest absolute Gasteiger partial charge is 0.309 e. The maximum Gasteiger partial charge on any atom is 0.113 e. The number of H-pyrrole nitrogens is 1. The molecule has 0 radical (unpaired) electrons. The van der Waals surface area contributed by atoms with Crippen molar-refractivity contribution in [3.05, 3.63) is 54.1 Å². The minimum atomic E-state index is 0.207. The fraction of sp³-hybridized carbons (Fsp3) is 0.312. The second kappa shape index (κ2) is 6.45. The Kier molecular flexibility index (Phi) is 4.21. The monoisotopic (exact) mass is 281 g/mol. The van der Waals surface area contributed by atoms with Crippen LogP contribution in [0.2, 0.25) is 0 Å². The number of nitrogens with one attached hydrogen (secondary N) is 2. The Morgan fingerprint density at radius 1 is 1.24 bits per heavy atom. The van der Waals surface area contributed by atoms with Gasteiger partial charge in [0.15, 0.2) is 0 Å². The molecule has 3 rings (SSSR count). The van der Waals surface area contributed by atoms with Crippen molar-refractivity contribution in [2.75, 3.05) is 6.54 Å². The fourth-order valence-electron chi connectivity index (χ4n) is 2.43. The molecule has 3 aromatic rings. The number of aryl methyl sites for hydroxylation is 1. The van der Waals surface area contributed by atoms with E-state index >= 15 is 0 Å². The summed E-state index contributed by atoms with van der Waals surface area (Å²) >= 11 is 0. The van der Waals surface area contributed by atoms with Crippen molar-refractivity contribution in [2.45, 2.75) is 25.8 Å². The molecule has 0 aromatic carbocycles. The number of rotatable bonds is 6. The molecule has 21 heavy (non-hydrogen) atoms. The molecule has 5 nitrogen and oxygen atoms in total. The van der Waals surface area contributed by atoms with Crippen LogP contribution < -0.4 is 5.32 Å². The van der Waals surface area contributed by atoms with Crippen molar-refractivity contribution < 1.29 is 0 Å². The summed E-state index contributed by atoms with van der Waals surface area (Å²) in [6.45, 7) is 3.08. The highest BCUT2D eigenvalue weighted by molar-refractivity contribution is 5.76. The first-order valence-electron chi connectivity index (χ1n) is 7.26. The van der Waals surface area contributed by atoms with Crippen molar-refractivity contribution in [1.29, 1.82) is 0 Å². The molecular formula is C16H19N5. The number of aromatic nitrogens is 4. The Balaban J connectivity index is 1.53. The highest BCUT2D eigenvalue weighted by atomic mass is 15.1. The van der Waals surface area contributed by atoms with Gasteiger partial charge in [0.1, 0.15) is 11.0 Å². The highest BCUT2D eigenvalue weighted by Crippen LogP contribution is 2.18. The number of pyridine rings is 2. The minimum Gasteiger partial charge on any atom is -0.309 e. The standard InChI is InChI=1S/C16H19N5/c1-12(15-16-14(20-21-15)7-4-10-19-16)18-9-3-6-13-5-2-8-17-11-13/h2,4-5,7-8,10-12,18H,3,6,9H2,1H3,(H,20,21). The zero-order valence-electron chi connectivity index (χ0n) is 12.1. The van der Waals surface area contributed by atoms with Crippen molar-refractivity contribution >= 4 is 11.0 Å². The molecule has 0 amide bonds. The molecule has 0 aliphatic carbocycles. The molecular weight excluding hydrogens is 262 g/mol. The third-order valence-electron chi connectivity index (χ3n) is 3.59. The van der Waals surface area contributed by atoms with Crippen LogP contribution in [0.15, 0.2) is 42.9 Å². The first-order valence-corrected chi connectivity index (χ1v) is 7.26. The lowest BCUT2D eigenvalue weighted by molar-refractivity contribution is 0.548. The first kappa shape index (κ1) is 13.7. The lowest BCUT2D eigenvalue weighted by Gasteiger charge is -2.12. The summed E-state index contributed by atoms with van der Waals surface area (Å²) in [6, 6.07) is 8.17. The molecule has 0 saturated heterocycles. The Morgan fingerprint density at radius 2 is 2.14 bits per heavy atom. The second-order valence-corrected chi connectivity index (χ2v) is 5.15. The van der Waals surface area contributed by atoms with Gasteiger partial charge >= 0.3 is 0 Å². The molecule has 108 valence electrons. The Morgan fingerprint density at radius 3 is 3.00 bits per heavy atom. The normalized spacial score (nSPS) is 12.6. The predicted octanol–water partition coefficient (Wildman–Crippen LogP) is 2.64. The van der Waals surface area contributed by atoms with Crippen LogP contribution in [0.4, 0.5) is 0 Å². The third kappa shape index (κ3) is 3.25. The molecule has 5 heteroatoms. The van der Waals surface area contributed by atoms with E-state index in [0.717, 1.165) is 36.1 Å². The average Bonchev–Trinajstić information content (AvgIpc) is 2.96. The van der Waals surface area contributed by atoms with E-state index in [0.29, 0.717) is 0 Å². The molecule has 0 saturated carbocycles. The molecule has 0 fully saturated rings. The Labute approximate surface area is 123 Å². The van der Waals surface area contributed by atoms with E-state index in [2.05, 4.69) is 38.5 Å². The van der Waals surface area contributed by atoms with Crippen LogP contribution in [-0.4, -0.2) is 26.7 Å². The van der Waals surface area contributed by atoms with Crippen LogP contribution in [0.3, 0.4) is 0 Å². The zero-order valence-corrected chi connectivity index (χ0v) is 12.1. The van der Waals surface area contributed by atoms with Crippen molar-refractivity contribution in [2.24, 2.45) is 0 Å². The van der Waals surface area contributed by atoms with Gasteiger partial charge in [0.25, 0.3) is 0 Å². The van der Waals surface area contributed by atoms with Crippen molar-refractivity contribution in [3.63, 3.8) is 0 Å². The smallest absolute Gasteiger partial charge is 0.113 e. The number of hydrogen-bond donors (Lipinski definition) is 2. The van der Waals surface area contributed by atoms with E-state index in [1.54, 1.807) is 12.4 Å². The van der Waals surface area contributed by atoms with Crippen LogP contribution in [0, 0.1) is 0 Å². The highest BCUT2D eigenvalue weighted by Gasteiger charge is 2.12. The van der Waals surface area contributed by atoms with Gasteiger partial charge in [-0.2, -0.15) is 5.10 Å². The van der Waals surface area contributed by atoms with Crippen LogP contribution in [0.1, 0.15) is 30.6 Å². The fourth-order valence-corrected chi connectivity index (χ4v) is 2.43.